The van der Waals surface area contributed by atoms with E-state index in [9.17, 15) is 26.7 Å². The molecule has 2 atom stereocenters. The number of halogens is 5. The fraction of sp³-hybridized carbons (Fsp3) is 0.263. The molecule has 0 spiro atoms. The number of nitrogens with one attached hydrogen (secondary N) is 1. The molecule has 0 aliphatic carbocycles. The van der Waals surface area contributed by atoms with E-state index in [1.54, 1.807) is 6.92 Å². The first-order valence-corrected chi connectivity index (χ1v) is 8.86. The second-order valence-electron chi connectivity index (χ2n) is 6.68. The maximum absolute atomic E-state index is 14.2. The van der Waals surface area contributed by atoms with Gasteiger partial charge in [0.1, 0.15) is 23.7 Å². The molecule has 0 aliphatic rings. The number of aromatic nitrogens is 3. The zero-order valence-corrected chi connectivity index (χ0v) is 16.2. The predicted molar refractivity (Wildman–Crippen MR) is 97.5 cm³/mol. The van der Waals surface area contributed by atoms with Crippen molar-refractivity contribution in [3.8, 4) is 11.3 Å². The van der Waals surface area contributed by atoms with Gasteiger partial charge in [0, 0.05) is 17.2 Å². The average molecular weight is 441 g/mol. The molecule has 2 aromatic heterocycles. The molecule has 3 N–H and O–H groups in total. The van der Waals surface area contributed by atoms with E-state index in [2.05, 4.69) is 20.4 Å². The van der Waals surface area contributed by atoms with Gasteiger partial charge in [0.2, 0.25) is 5.89 Å². The number of carbonyl (C=O) groups is 1. The molecule has 164 valence electrons. The molecule has 2 heterocycles. The zero-order chi connectivity index (χ0) is 22.9. The standard InChI is InChI=1S/C19H16F5N5O2/c1-8(18-27-9(2)29-31-18)26-17(30)10-5-14(12-4-3-11(20)7-13(12)21)28-15(6-10)16(25)19(22,23)24/h3-8,16H,25H2,1-2H3,(H,26,30)/t8-,16-/m1/s1. The Morgan fingerprint density at radius 2 is 1.87 bits per heavy atom. The van der Waals surface area contributed by atoms with Crippen LogP contribution in [0.15, 0.2) is 34.9 Å². The van der Waals surface area contributed by atoms with E-state index in [1.165, 1.54) is 6.92 Å². The van der Waals surface area contributed by atoms with Crippen LogP contribution in [0.3, 0.4) is 0 Å². The number of hydrogen-bond acceptors (Lipinski definition) is 6. The van der Waals surface area contributed by atoms with Gasteiger partial charge in [0.05, 0.1) is 11.4 Å². The lowest BCUT2D eigenvalue weighted by Crippen LogP contribution is -2.31. The van der Waals surface area contributed by atoms with Crippen molar-refractivity contribution in [1.82, 2.24) is 20.4 Å². The molecule has 3 rings (SSSR count). The molecular formula is C19H16F5N5O2. The summed E-state index contributed by atoms with van der Waals surface area (Å²) in [5.74, 6) is -2.35. The van der Waals surface area contributed by atoms with E-state index in [0.29, 0.717) is 11.9 Å². The van der Waals surface area contributed by atoms with Crippen molar-refractivity contribution in [2.75, 3.05) is 0 Å². The van der Waals surface area contributed by atoms with Crippen LogP contribution in [0.25, 0.3) is 11.3 Å². The number of rotatable bonds is 5. The van der Waals surface area contributed by atoms with Crippen LogP contribution in [0.1, 0.15) is 46.8 Å². The first-order valence-electron chi connectivity index (χ1n) is 8.86. The van der Waals surface area contributed by atoms with Crippen molar-refractivity contribution >= 4 is 5.91 Å². The summed E-state index contributed by atoms with van der Waals surface area (Å²) in [7, 11) is 0. The van der Waals surface area contributed by atoms with Crippen LogP contribution in [0, 0.1) is 18.6 Å². The Bertz CT molecular complexity index is 1120. The summed E-state index contributed by atoms with van der Waals surface area (Å²) in [5, 5.41) is 6.09. The lowest BCUT2D eigenvalue weighted by atomic mass is 10.0. The van der Waals surface area contributed by atoms with Crippen molar-refractivity contribution in [3.05, 3.63) is 64.9 Å². The number of benzene rings is 1. The Morgan fingerprint density at radius 3 is 2.45 bits per heavy atom. The number of nitrogens with zero attached hydrogens (tertiary/aromatic N) is 3. The minimum absolute atomic E-state index is 0.0805. The number of aryl methyl sites for hydroxylation is 1. The first kappa shape index (κ1) is 22.3. The van der Waals surface area contributed by atoms with E-state index in [1.807, 2.05) is 0 Å². The SMILES string of the molecule is Cc1noc([C@@H](C)NC(=O)c2cc(-c3ccc(F)cc3F)nc([C@@H](N)C(F)(F)F)c2)n1. The highest BCUT2D eigenvalue weighted by atomic mass is 19.4. The molecule has 0 saturated heterocycles. The quantitative estimate of drug-likeness (QED) is 0.584. The van der Waals surface area contributed by atoms with Gasteiger partial charge in [-0.15, -0.1) is 0 Å². The molecule has 0 radical (unpaired) electrons. The van der Waals surface area contributed by atoms with Crippen molar-refractivity contribution in [1.29, 1.82) is 0 Å². The van der Waals surface area contributed by atoms with Gasteiger partial charge in [-0.1, -0.05) is 5.16 Å². The number of alkyl halides is 3. The Hall–Kier alpha value is -3.41. The van der Waals surface area contributed by atoms with E-state index >= 15 is 0 Å². The molecule has 12 heteroatoms. The lowest BCUT2D eigenvalue weighted by Gasteiger charge is -2.18. The summed E-state index contributed by atoms with van der Waals surface area (Å²) >= 11 is 0. The van der Waals surface area contributed by atoms with Crippen LogP contribution in [0.5, 0.6) is 0 Å². The van der Waals surface area contributed by atoms with Gasteiger partial charge in [-0.05, 0) is 38.1 Å². The molecule has 1 amide bonds. The third kappa shape index (κ3) is 5.02. The van der Waals surface area contributed by atoms with Gasteiger partial charge in [0.25, 0.3) is 5.91 Å². The van der Waals surface area contributed by atoms with Gasteiger partial charge in [0.15, 0.2) is 5.82 Å². The minimum Gasteiger partial charge on any atom is -0.341 e. The normalized spacial score (nSPS) is 13.7. The van der Waals surface area contributed by atoms with Gasteiger partial charge >= 0.3 is 6.18 Å². The number of pyridine rings is 1. The summed E-state index contributed by atoms with van der Waals surface area (Å²) in [4.78, 5) is 20.4. The Kier molecular flexibility index (Phi) is 6.02. The third-order valence-electron chi connectivity index (χ3n) is 4.25. The molecule has 7 nitrogen and oxygen atoms in total. The van der Waals surface area contributed by atoms with Crippen molar-refractivity contribution < 1.29 is 31.3 Å². The highest BCUT2D eigenvalue weighted by Crippen LogP contribution is 2.32. The van der Waals surface area contributed by atoms with Crippen molar-refractivity contribution in [2.45, 2.75) is 32.1 Å². The van der Waals surface area contributed by atoms with Crippen LogP contribution in [0.4, 0.5) is 22.0 Å². The van der Waals surface area contributed by atoms with Gasteiger partial charge in [-0.25, -0.2) is 8.78 Å². The van der Waals surface area contributed by atoms with E-state index in [4.69, 9.17) is 10.3 Å². The van der Waals surface area contributed by atoms with Gasteiger partial charge in [-0.3, -0.25) is 9.78 Å². The van der Waals surface area contributed by atoms with Crippen LogP contribution < -0.4 is 11.1 Å². The Balaban J connectivity index is 2.03. The van der Waals surface area contributed by atoms with Gasteiger partial charge in [-0.2, -0.15) is 18.2 Å². The summed E-state index contributed by atoms with van der Waals surface area (Å²) in [6.45, 7) is 3.09. The summed E-state index contributed by atoms with van der Waals surface area (Å²) in [6.07, 6.45) is -4.87. The zero-order valence-electron chi connectivity index (χ0n) is 16.2. The third-order valence-corrected chi connectivity index (χ3v) is 4.25. The number of carbonyl (C=O) groups excluding carboxylic acids is 1. The van der Waals surface area contributed by atoms with Crippen LogP contribution in [0.2, 0.25) is 0 Å². The Morgan fingerprint density at radius 1 is 1.16 bits per heavy atom. The highest BCUT2D eigenvalue weighted by Gasteiger charge is 2.39. The number of amides is 1. The molecule has 31 heavy (non-hydrogen) atoms. The maximum atomic E-state index is 14.2. The summed E-state index contributed by atoms with van der Waals surface area (Å²) < 4.78 is 71.8. The number of hydrogen-bond donors (Lipinski definition) is 2. The molecule has 3 aromatic rings. The molecule has 1 aromatic carbocycles. The van der Waals surface area contributed by atoms with E-state index in [-0.39, 0.29) is 22.7 Å². The molecule has 0 saturated carbocycles. The first-order chi connectivity index (χ1) is 14.5. The van der Waals surface area contributed by atoms with Gasteiger partial charge < -0.3 is 15.6 Å². The fourth-order valence-corrected chi connectivity index (χ4v) is 2.68. The van der Waals surface area contributed by atoms with Crippen LogP contribution >= 0.6 is 0 Å². The molecular weight excluding hydrogens is 425 g/mol. The lowest BCUT2D eigenvalue weighted by molar-refractivity contribution is -0.149. The molecule has 0 unspecified atom stereocenters. The smallest absolute Gasteiger partial charge is 0.341 e. The van der Waals surface area contributed by atoms with Crippen molar-refractivity contribution in [3.63, 3.8) is 0 Å². The van der Waals surface area contributed by atoms with E-state index < -0.39 is 41.5 Å². The largest absolute Gasteiger partial charge is 0.409 e. The summed E-state index contributed by atoms with van der Waals surface area (Å²) in [6, 6.07) is 1.09. The fourth-order valence-electron chi connectivity index (χ4n) is 2.68. The Labute approximate surface area is 172 Å². The highest BCUT2D eigenvalue weighted by molar-refractivity contribution is 5.95. The minimum atomic E-state index is -4.87. The second kappa shape index (κ2) is 8.38. The maximum Gasteiger partial charge on any atom is 0.409 e. The monoisotopic (exact) mass is 441 g/mol. The van der Waals surface area contributed by atoms with Crippen LogP contribution in [-0.2, 0) is 0 Å². The number of nitrogens with two attached hydrogens (primary N) is 1. The van der Waals surface area contributed by atoms with Crippen molar-refractivity contribution in [2.24, 2.45) is 5.73 Å². The molecule has 0 bridgehead atoms. The summed E-state index contributed by atoms with van der Waals surface area (Å²) in [5.41, 5.74) is 3.64. The molecule has 0 fully saturated rings. The topological polar surface area (TPSA) is 107 Å². The average Bonchev–Trinajstić information content (AvgIpc) is 3.12. The van der Waals surface area contributed by atoms with E-state index in [0.717, 1.165) is 24.3 Å². The predicted octanol–water partition coefficient (Wildman–Crippen LogP) is 3.77. The second-order valence-corrected chi connectivity index (χ2v) is 6.68. The molecule has 0 aliphatic heterocycles. The van der Waals surface area contributed by atoms with Crippen LogP contribution in [-0.4, -0.2) is 27.2 Å².